The van der Waals surface area contributed by atoms with Crippen LogP contribution in [0.4, 0.5) is 0 Å². The molecule has 17 heavy (non-hydrogen) atoms. The van der Waals surface area contributed by atoms with E-state index in [4.69, 9.17) is 5.11 Å². The SMILES string of the molecule is Cc1cccc(C(=O)NC2CC(C(=O)O)C2)c1. The number of aliphatic carboxylic acids is 1. The van der Waals surface area contributed by atoms with Crippen molar-refractivity contribution in [2.75, 3.05) is 0 Å². The Balaban J connectivity index is 1.89. The summed E-state index contributed by atoms with van der Waals surface area (Å²) >= 11 is 0. The lowest BCUT2D eigenvalue weighted by molar-refractivity contribution is -0.145. The summed E-state index contributed by atoms with van der Waals surface area (Å²) in [6.45, 7) is 1.93. The van der Waals surface area contributed by atoms with Crippen molar-refractivity contribution >= 4 is 11.9 Å². The Kier molecular flexibility index (Phi) is 3.13. The number of carboxylic acids is 1. The molecule has 0 aromatic heterocycles. The molecule has 1 aromatic rings. The van der Waals surface area contributed by atoms with Crippen molar-refractivity contribution in [3.05, 3.63) is 35.4 Å². The summed E-state index contributed by atoms with van der Waals surface area (Å²) in [7, 11) is 0. The number of rotatable bonds is 3. The van der Waals surface area contributed by atoms with Gasteiger partial charge in [0.1, 0.15) is 0 Å². The van der Waals surface area contributed by atoms with Crippen molar-refractivity contribution in [3.63, 3.8) is 0 Å². The zero-order valence-electron chi connectivity index (χ0n) is 9.64. The Morgan fingerprint density at radius 1 is 1.35 bits per heavy atom. The Labute approximate surface area is 99.6 Å². The molecule has 90 valence electrons. The normalized spacial score (nSPS) is 22.6. The third-order valence-electron chi connectivity index (χ3n) is 3.10. The predicted molar refractivity (Wildman–Crippen MR) is 62.8 cm³/mol. The van der Waals surface area contributed by atoms with Gasteiger partial charge in [0, 0.05) is 11.6 Å². The monoisotopic (exact) mass is 233 g/mol. The number of benzene rings is 1. The summed E-state index contributed by atoms with van der Waals surface area (Å²) in [6.07, 6.45) is 1.07. The topological polar surface area (TPSA) is 66.4 Å². The van der Waals surface area contributed by atoms with Gasteiger partial charge >= 0.3 is 5.97 Å². The molecule has 1 aliphatic carbocycles. The summed E-state index contributed by atoms with van der Waals surface area (Å²) in [6, 6.07) is 7.36. The first-order valence-corrected chi connectivity index (χ1v) is 5.66. The van der Waals surface area contributed by atoms with E-state index in [1.54, 1.807) is 6.07 Å². The van der Waals surface area contributed by atoms with Crippen LogP contribution in [0, 0.1) is 12.8 Å². The van der Waals surface area contributed by atoms with Gasteiger partial charge in [-0.1, -0.05) is 17.7 Å². The number of carbonyl (C=O) groups is 2. The van der Waals surface area contributed by atoms with E-state index in [9.17, 15) is 9.59 Å². The Morgan fingerprint density at radius 3 is 2.65 bits per heavy atom. The number of hydrogen-bond acceptors (Lipinski definition) is 2. The molecule has 0 atom stereocenters. The molecule has 0 unspecified atom stereocenters. The van der Waals surface area contributed by atoms with Crippen LogP contribution in [0.1, 0.15) is 28.8 Å². The molecule has 1 aliphatic rings. The van der Waals surface area contributed by atoms with Crippen LogP contribution in [0.3, 0.4) is 0 Å². The van der Waals surface area contributed by atoms with Gasteiger partial charge in [0.25, 0.3) is 5.91 Å². The predicted octanol–water partition coefficient (Wildman–Crippen LogP) is 1.59. The van der Waals surface area contributed by atoms with Crippen LogP contribution in [0.5, 0.6) is 0 Å². The fourth-order valence-corrected chi connectivity index (χ4v) is 1.99. The van der Waals surface area contributed by atoms with Crippen molar-refractivity contribution < 1.29 is 14.7 Å². The second-order valence-electron chi connectivity index (χ2n) is 4.55. The number of aryl methyl sites for hydroxylation is 1. The largest absolute Gasteiger partial charge is 0.481 e. The fraction of sp³-hybridized carbons (Fsp3) is 0.385. The minimum atomic E-state index is -0.772. The molecule has 0 aliphatic heterocycles. The van der Waals surface area contributed by atoms with E-state index in [-0.39, 0.29) is 17.9 Å². The van der Waals surface area contributed by atoms with Gasteiger partial charge in [-0.2, -0.15) is 0 Å². The highest BCUT2D eigenvalue weighted by Crippen LogP contribution is 2.27. The standard InChI is InChI=1S/C13H15NO3/c1-8-3-2-4-9(5-8)12(15)14-11-6-10(7-11)13(16)17/h2-5,10-11H,6-7H2,1H3,(H,14,15)(H,16,17). The van der Waals surface area contributed by atoms with Gasteiger partial charge in [0.05, 0.1) is 5.92 Å². The molecule has 0 spiro atoms. The first-order chi connectivity index (χ1) is 8.06. The molecule has 0 saturated heterocycles. The number of amides is 1. The number of hydrogen-bond donors (Lipinski definition) is 2. The molecule has 2 rings (SSSR count). The van der Waals surface area contributed by atoms with Crippen molar-refractivity contribution in [1.82, 2.24) is 5.32 Å². The Morgan fingerprint density at radius 2 is 2.06 bits per heavy atom. The third kappa shape index (κ3) is 2.64. The van der Waals surface area contributed by atoms with Gasteiger partial charge in [-0.3, -0.25) is 9.59 Å². The van der Waals surface area contributed by atoms with E-state index in [0.717, 1.165) is 5.56 Å². The molecular weight excluding hydrogens is 218 g/mol. The smallest absolute Gasteiger partial charge is 0.306 e. The van der Waals surface area contributed by atoms with Crippen LogP contribution < -0.4 is 5.32 Å². The summed E-state index contributed by atoms with van der Waals surface area (Å²) in [5.74, 6) is -1.19. The number of nitrogens with one attached hydrogen (secondary N) is 1. The molecule has 4 heteroatoms. The van der Waals surface area contributed by atoms with Gasteiger partial charge in [-0.05, 0) is 31.9 Å². The Hall–Kier alpha value is -1.84. The molecule has 0 bridgehead atoms. The molecule has 4 nitrogen and oxygen atoms in total. The minimum absolute atomic E-state index is 0.00381. The molecule has 1 amide bonds. The zero-order chi connectivity index (χ0) is 12.4. The average Bonchev–Trinajstić information content (AvgIpc) is 2.21. The highest BCUT2D eigenvalue weighted by atomic mass is 16.4. The van der Waals surface area contributed by atoms with Gasteiger partial charge in [-0.25, -0.2) is 0 Å². The maximum absolute atomic E-state index is 11.8. The van der Waals surface area contributed by atoms with E-state index in [1.807, 2.05) is 25.1 Å². The molecule has 0 radical (unpaired) electrons. The minimum Gasteiger partial charge on any atom is -0.481 e. The van der Waals surface area contributed by atoms with Crippen LogP contribution in [-0.4, -0.2) is 23.0 Å². The molecule has 0 heterocycles. The molecule has 1 saturated carbocycles. The quantitative estimate of drug-likeness (QED) is 0.833. The molecule has 1 aromatic carbocycles. The van der Waals surface area contributed by atoms with E-state index in [2.05, 4.69) is 5.32 Å². The summed E-state index contributed by atoms with van der Waals surface area (Å²) in [4.78, 5) is 22.4. The van der Waals surface area contributed by atoms with Gasteiger partial charge in [0.15, 0.2) is 0 Å². The summed E-state index contributed by atoms with van der Waals surface area (Å²) in [5.41, 5.74) is 1.67. The van der Waals surface area contributed by atoms with Crippen molar-refractivity contribution in [3.8, 4) is 0 Å². The maximum atomic E-state index is 11.8. The second-order valence-corrected chi connectivity index (χ2v) is 4.55. The van der Waals surface area contributed by atoms with Gasteiger partial charge in [0.2, 0.25) is 0 Å². The number of carboxylic acid groups (broad SMARTS) is 1. The van der Waals surface area contributed by atoms with Crippen molar-refractivity contribution in [2.24, 2.45) is 5.92 Å². The van der Waals surface area contributed by atoms with Gasteiger partial charge < -0.3 is 10.4 Å². The summed E-state index contributed by atoms with van der Waals surface area (Å²) in [5, 5.41) is 11.6. The van der Waals surface area contributed by atoms with Crippen molar-refractivity contribution in [2.45, 2.75) is 25.8 Å². The van der Waals surface area contributed by atoms with E-state index >= 15 is 0 Å². The molecule has 1 fully saturated rings. The lowest BCUT2D eigenvalue weighted by Crippen LogP contribution is -2.46. The second kappa shape index (κ2) is 4.57. The fourth-order valence-electron chi connectivity index (χ4n) is 1.99. The lowest BCUT2D eigenvalue weighted by Gasteiger charge is -2.32. The van der Waals surface area contributed by atoms with E-state index in [1.165, 1.54) is 0 Å². The zero-order valence-corrected chi connectivity index (χ0v) is 9.64. The maximum Gasteiger partial charge on any atom is 0.306 e. The van der Waals surface area contributed by atoms with E-state index in [0.29, 0.717) is 18.4 Å². The molecule has 2 N–H and O–H groups in total. The first kappa shape index (κ1) is 11.6. The van der Waals surface area contributed by atoms with Crippen LogP contribution >= 0.6 is 0 Å². The van der Waals surface area contributed by atoms with Crippen LogP contribution in [0.15, 0.2) is 24.3 Å². The molecular formula is C13H15NO3. The Bertz CT molecular complexity index is 450. The van der Waals surface area contributed by atoms with Crippen molar-refractivity contribution in [1.29, 1.82) is 0 Å². The number of carbonyl (C=O) groups excluding carboxylic acids is 1. The lowest BCUT2D eigenvalue weighted by atomic mass is 9.80. The van der Waals surface area contributed by atoms with E-state index < -0.39 is 5.97 Å². The highest BCUT2D eigenvalue weighted by Gasteiger charge is 2.35. The summed E-state index contributed by atoms with van der Waals surface area (Å²) < 4.78 is 0. The highest BCUT2D eigenvalue weighted by molar-refractivity contribution is 5.94. The first-order valence-electron chi connectivity index (χ1n) is 5.66. The average molecular weight is 233 g/mol. The van der Waals surface area contributed by atoms with Gasteiger partial charge in [-0.15, -0.1) is 0 Å². The third-order valence-corrected chi connectivity index (χ3v) is 3.10. The van der Waals surface area contributed by atoms with Crippen LogP contribution in [0.2, 0.25) is 0 Å². The van der Waals surface area contributed by atoms with Crippen LogP contribution in [-0.2, 0) is 4.79 Å². The van der Waals surface area contributed by atoms with Crippen LogP contribution in [0.25, 0.3) is 0 Å².